The lowest BCUT2D eigenvalue weighted by Gasteiger charge is -1.97. The van der Waals surface area contributed by atoms with Crippen molar-refractivity contribution in [1.82, 2.24) is 0 Å². The van der Waals surface area contributed by atoms with Gasteiger partial charge in [0.05, 0.1) is 5.56 Å². The number of carboxylic acids is 1. The van der Waals surface area contributed by atoms with Gasteiger partial charge in [-0.3, -0.25) is 0 Å². The molecule has 0 saturated heterocycles. The molecule has 2 rings (SSSR count). The lowest BCUT2D eigenvalue weighted by atomic mass is 10.1. The molecule has 2 aromatic rings. The van der Waals surface area contributed by atoms with Gasteiger partial charge >= 0.3 is 5.97 Å². The minimum absolute atomic E-state index is 0.233. The summed E-state index contributed by atoms with van der Waals surface area (Å²) in [5.74, 6) is 4.91. The SMILES string of the molecule is Cc1ccc(C#Cc2ccccc2C(=O)O)cc1. The summed E-state index contributed by atoms with van der Waals surface area (Å²) >= 11 is 0. The van der Waals surface area contributed by atoms with E-state index in [0.717, 1.165) is 5.56 Å². The molecule has 0 spiro atoms. The minimum Gasteiger partial charge on any atom is -0.478 e. The van der Waals surface area contributed by atoms with Crippen LogP contribution in [0.5, 0.6) is 0 Å². The van der Waals surface area contributed by atoms with Crippen molar-refractivity contribution in [2.75, 3.05) is 0 Å². The minimum atomic E-state index is -0.955. The van der Waals surface area contributed by atoms with Crippen LogP contribution in [0.4, 0.5) is 0 Å². The number of aryl methyl sites for hydroxylation is 1. The zero-order valence-electron chi connectivity index (χ0n) is 9.97. The van der Waals surface area contributed by atoms with Crippen molar-refractivity contribution >= 4 is 5.97 Å². The first kappa shape index (κ1) is 11.9. The number of aromatic carboxylic acids is 1. The number of hydrogen-bond acceptors (Lipinski definition) is 1. The van der Waals surface area contributed by atoms with E-state index in [9.17, 15) is 4.79 Å². The van der Waals surface area contributed by atoms with Gasteiger partial charge in [-0.25, -0.2) is 4.79 Å². The average molecular weight is 236 g/mol. The molecule has 0 fully saturated rings. The van der Waals surface area contributed by atoms with E-state index in [1.165, 1.54) is 5.56 Å². The number of carbonyl (C=O) groups is 1. The normalized spacial score (nSPS) is 9.39. The Bertz CT molecular complexity index is 628. The van der Waals surface area contributed by atoms with Crippen LogP contribution in [0.3, 0.4) is 0 Å². The maximum Gasteiger partial charge on any atom is 0.336 e. The molecule has 0 aromatic heterocycles. The highest BCUT2D eigenvalue weighted by Crippen LogP contribution is 2.08. The first-order chi connectivity index (χ1) is 8.66. The fraction of sp³-hybridized carbons (Fsp3) is 0.0625. The van der Waals surface area contributed by atoms with Crippen LogP contribution < -0.4 is 0 Å². The molecular weight excluding hydrogens is 224 g/mol. The van der Waals surface area contributed by atoms with Crippen molar-refractivity contribution in [2.45, 2.75) is 6.92 Å². The Morgan fingerprint density at radius 3 is 2.33 bits per heavy atom. The molecule has 18 heavy (non-hydrogen) atoms. The molecule has 0 aliphatic carbocycles. The highest BCUT2D eigenvalue weighted by Gasteiger charge is 2.05. The second kappa shape index (κ2) is 5.20. The third-order valence-corrected chi connectivity index (χ3v) is 2.55. The van der Waals surface area contributed by atoms with Crippen molar-refractivity contribution in [2.24, 2.45) is 0 Å². The lowest BCUT2D eigenvalue weighted by molar-refractivity contribution is 0.0696. The molecule has 0 amide bonds. The summed E-state index contributed by atoms with van der Waals surface area (Å²) in [6.45, 7) is 2.01. The van der Waals surface area contributed by atoms with E-state index in [1.54, 1.807) is 24.3 Å². The smallest absolute Gasteiger partial charge is 0.336 e. The molecule has 2 heteroatoms. The van der Waals surface area contributed by atoms with Crippen molar-refractivity contribution in [3.05, 3.63) is 70.8 Å². The summed E-state index contributed by atoms with van der Waals surface area (Å²) in [7, 11) is 0. The zero-order valence-corrected chi connectivity index (χ0v) is 9.97. The number of rotatable bonds is 1. The molecule has 1 N–H and O–H groups in total. The largest absolute Gasteiger partial charge is 0.478 e. The van der Waals surface area contributed by atoms with E-state index >= 15 is 0 Å². The van der Waals surface area contributed by atoms with Gasteiger partial charge in [-0.05, 0) is 31.2 Å². The van der Waals surface area contributed by atoms with Crippen LogP contribution in [0.2, 0.25) is 0 Å². The topological polar surface area (TPSA) is 37.3 Å². The Labute approximate surface area is 106 Å². The maximum absolute atomic E-state index is 11.0. The highest BCUT2D eigenvalue weighted by molar-refractivity contribution is 5.90. The molecule has 0 heterocycles. The second-order valence-corrected chi connectivity index (χ2v) is 3.97. The van der Waals surface area contributed by atoms with E-state index in [1.807, 2.05) is 31.2 Å². The van der Waals surface area contributed by atoms with Gasteiger partial charge in [0.1, 0.15) is 0 Å². The van der Waals surface area contributed by atoms with Gasteiger partial charge in [-0.2, -0.15) is 0 Å². The number of benzene rings is 2. The second-order valence-electron chi connectivity index (χ2n) is 3.97. The van der Waals surface area contributed by atoms with Crippen LogP contribution in [0.15, 0.2) is 48.5 Å². The van der Waals surface area contributed by atoms with E-state index in [0.29, 0.717) is 5.56 Å². The predicted molar refractivity (Wildman–Crippen MR) is 70.6 cm³/mol. The molecule has 0 unspecified atom stereocenters. The molecule has 0 saturated carbocycles. The Morgan fingerprint density at radius 1 is 1.00 bits per heavy atom. The Hall–Kier alpha value is -2.53. The van der Waals surface area contributed by atoms with Gasteiger partial charge in [0, 0.05) is 11.1 Å². The summed E-state index contributed by atoms with van der Waals surface area (Å²) in [6, 6.07) is 14.6. The van der Waals surface area contributed by atoms with Gasteiger partial charge < -0.3 is 5.11 Å². The third kappa shape index (κ3) is 2.78. The molecule has 88 valence electrons. The molecule has 0 aliphatic rings. The molecular formula is C16H12O2. The monoisotopic (exact) mass is 236 g/mol. The summed E-state index contributed by atoms with van der Waals surface area (Å²) in [4.78, 5) is 11.0. The van der Waals surface area contributed by atoms with Gasteiger partial charge in [0.15, 0.2) is 0 Å². The quantitative estimate of drug-likeness (QED) is 0.772. The van der Waals surface area contributed by atoms with Crippen molar-refractivity contribution in [3.8, 4) is 11.8 Å². The maximum atomic E-state index is 11.0. The summed E-state index contributed by atoms with van der Waals surface area (Å²) in [5, 5.41) is 9.03. The van der Waals surface area contributed by atoms with Gasteiger partial charge in [0.25, 0.3) is 0 Å². The van der Waals surface area contributed by atoms with Crippen molar-refractivity contribution < 1.29 is 9.90 Å². The van der Waals surface area contributed by atoms with E-state index in [2.05, 4.69) is 11.8 Å². The van der Waals surface area contributed by atoms with Gasteiger partial charge in [-0.1, -0.05) is 41.7 Å². The van der Waals surface area contributed by atoms with E-state index in [-0.39, 0.29) is 5.56 Å². The lowest BCUT2D eigenvalue weighted by Crippen LogP contribution is -1.99. The average Bonchev–Trinajstić information content (AvgIpc) is 2.38. The van der Waals surface area contributed by atoms with Crippen molar-refractivity contribution in [3.63, 3.8) is 0 Å². The predicted octanol–water partition coefficient (Wildman–Crippen LogP) is 3.09. The van der Waals surface area contributed by atoms with Crippen LogP contribution in [0.25, 0.3) is 0 Å². The first-order valence-electron chi connectivity index (χ1n) is 5.58. The van der Waals surface area contributed by atoms with Crippen LogP contribution in [-0.4, -0.2) is 11.1 Å². The summed E-state index contributed by atoms with van der Waals surface area (Å²) in [6.07, 6.45) is 0. The number of carboxylic acid groups (broad SMARTS) is 1. The van der Waals surface area contributed by atoms with E-state index < -0.39 is 5.97 Å². The van der Waals surface area contributed by atoms with Crippen LogP contribution >= 0.6 is 0 Å². The fourth-order valence-electron chi connectivity index (χ4n) is 1.56. The summed E-state index contributed by atoms with van der Waals surface area (Å²) in [5.41, 5.74) is 2.81. The Balaban J connectivity index is 2.35. The first-order valence-corrected chi connectivity index (χ1v) is 5.58. The fourth-order valence-corrected chi connectivity index (χ4v) is 1.56. The van der Waals surface area contributed by atoms with Crippen molar-refractivity contribution in [1.29, 1.82) is 0 Å². The third-order valence-electron chi connectivity index (χ3n) is 2.55. The van der Waals surface area contributed by atoms with Crippen LogP contribution in [-0.2, 0) is 0 Å². The molecule has 0 atom stereocenters. The summed E-state index contributed by atoms with van der Waals surface area (Å²) < 4.78 is 0. The van der Waals surface area contributed by atoms with Crippen LogP contribution in [0, 0.1) is 18.8 Å². The Morgan fingerprint density at radius 2 is 1.67 bits per heavy atom. The highest BCUT2D eigenvalue weighted by atomic mass is 16.4. The van der Waals surface area contributed by atoms with Gasteiger partial charge in [-0.15, -0.1) is 0 Å². The standard InChI is InChI=1S/C16H12O2/c1-12-6-8-13(9-7-12)10-11-14-4-2-3-5-15(14)16(17)18/h2-9H,1H3,(H,17,18). The zero-order chi connectivity index (χ0) is 13.0. The van der Waals surface area contributed by atoms with Gasteiger partial charge in [0.2, 0.25) is 0 Å². The number of hydrogen-bond donors (Lipinski definition) is 1. The van der Waals surface area contributed by atoms with E-state index in [4.69, 9.17) is 5.11 Å². The molecule has 2 nitrogen and oxygen atoms in total. The molecule has 0 bridgehead atoms. The molecule has 0 aliphatic heterocycles. The molecule has 2 aromatic carbocycles. The molecule has 0 radical (unpaired) electrons. The van der Waals surface area contributed by atoms with Crippen LogP contribution in [0.1, 0.15) is 27.0 Å². The Kier molecular flexibility index (Phi) is 3.45.